The number of carbonyl (C=O) groups is 2. The van der Waals surface area contributed by atoms with Crippen molar-refractivity contribution in [3.05, 3.63) is 47.5 Å². The second kappa shape index (κ2) is 9.50. The topological polar surface area (TPSA) is 94.5 Å². The maximum absolute atomic E-state index is 12.9. The number of carboxylic acids is 1. The van der Waals surface area contributed by atoms with Crippen molar-refractivity contribution in [2.24, 2.45) is 0 Å². The van der Waals surface area contributed by atoms with Crippen molar-refractivity contribution in [2.75, 3.05) is 35.0 Å². The van der Waals surface area contributed by atoms with Crippen molar-refractivity contribution >= 4 is 11.9 Å². The van der Waals surface area contributed by atoms with Crippen LogP contribution in [0, 0.1) is 0 Å². The summed E-state index contributed by atoms with van der Waals surface area (Å²) < 4.78 is 21.0. The van der Waals surface area contributed by atoms with Gasteiger partial charge in [0.05, 0.1) is 26.9 Å². The van der Waals surface area contributed by atoms with Crippen molar-refractivity contribution < 1.29 is 33.6 Å². The summed E-state index contributed by atoms with van der Waals surface area (Å²) in [5.74, 6) is 0.278. The van der Waals surface area contributed by atoms with Gasteiger partial charge in [0.25, 0.3) is 5.91 Å². The number of rotatable bonds is 9. The van der Waals surface area contributed by atoms with E-state index in [0.717, 1.165) is 5.56 Å². The van der Waals surface area contributed by atoms with Gasteiger partial charge in [-0.2, -0.15) is 0 Å². The van der Waals surface area contributed by atoms with Crippen molar-refractivity contribution in [3.63, 3.8) is 0 Å². The van der Waals surface area contributed by atoms with E-state index in [1.807, 2.05) is 0 Å². The maximum Gasteiger partial charge on any atom is 0.341 e. The van der Waals surface area contributed by atoms with E-state index in [1.54, 1.807) is 43.4 Å². The van der Waals surface area contributed by atoms with Crippen LogP contribution >= 0.6 is 0 Å². The Labute approximate surface area is 163 Å². The molecule has 8 heteroatoms. The molecule has 0 heterocycles. The average Bonchev–Trinajstić information content (AvgIpc) is 2.71. The summed E-state index contributed by atoms with van der Waals surface area (Å²) >= 11 is 0. The van der Waals surface area contributed by atoms with E-state index < -0.39 is 12.6 Å². The lowest BCUT2D eigenvalue weighted by molar-refractivity contribution is -0.139. The molecule has 150 valence electrons. The number of nitrogens with zero attached hydrogens (tertiary/aromatic N) is 1. The van der Waals surface area contributed by atoms with Crippen LogP contribution in [0.5, 0.6) is 23.0 Å². The summed E-state index contributed by atoms with van der Waals surface area (Å²) in [4.78, 5) is 25.0. The van der Waals surface area contributed by atoms with Gasteiger partial charge < -0.3 is 29.0 Å². The quantitative estimate of drug-likeness (QED) is 0.704. The van der Waals surface area contributed by atoms with Crippen LogP contribution < -0.4 is 18.9 Å². The molecular weight excluding hydrogens is 366 g/mol. The molecular formula is C20H23NO7. The van der Waals surface area contributed by atoms with E-state index in [9.17, 15) is 9.59 Å². The first kappa shape index (κ1) is 20.9. The molecule has 0 aliphatic rings. The third kappa shape index (κ3) is 4.85. The maximum atomic E-state index is 12.9. The highest BCUT2D eigenvalue weighted by atomic mass is 16.5. The normalized spacial score (nSPS) is 10.1. The van der Waals surface area contributed by atoms with Crippen molar-refractivity contribution in [1.29, 1.82) is 0 Å². The predicted octanol–water partition coefficient (Wildman–Crippen LogP) is 2.45. The van der Waals surface area contributed by atoms with Gasteiger partial charge in [-0.1, -0.05) is 12.1 Å². The van der Waals surface area contributed by atoms with Crippen molar-refractivity contribution in [1.82, 2.24) is 4.90 Å². The third-order valence-corrected chi connectivity index (χ3v) is 3.99. The van der Waals surface area contributed by atoms with Gasteiger partial charge in [0.1, 0.15) is 5.75 Å². The van der Waals surface area contributed by atoms with E-state index in [0.29, 0.717) is 35.1 Å². The van der Waals surface area contributed by atoms with Crippen LogP contribution in [0.15, 0.2) is 36.4 Å². The molecule has 1 N–H and O–H groups in total. The van der Waals surface area contributed by atoms with E-state index >= 15 is 0 Å². The van der Waals surface area contributed by atoms with Crippen LogP contribution in [0.3, 0.4) is 0 Å². The first-order chi connectivity index (χ1) is 13.4. The molecule has 8 nitrogen and oxygen atoms in total. The molecule has 0 saturated carbocycles. The first-order valence-electron chi connectivity index (χ1n) is 8.39. The van der Waals surface area contributed by atoms with Crippen LogP contribution in [0.25, 0.3) is 0 Å². The van der Waals surface area contributed by atoms with Gasteiger partial charge in [-0.15, -0.1) is 0 Å². The third-order valence-electron chi connectivity index (χ3n) is 3.99. The van der Waals surface area contributed by atoms with Crippen LogP contribution in [0.1, 0.15) is 15.9 Å². The largest absolute Gasteiger partial charge is 0.493 e. The Morgan fingerprint density at radius 3 is 2.11 bits per heavy atom. The van der Waals surface area contributed by atoms with Gasteiger partial charge >= 0.3 is 5.97 Å². The van der Waals surface area contributed by atoms with Gasteiger partial charge in [-0.05, 0) is 29.8 Å². The molecule has 1 amide bonds. The lowest BCUT2D eigenvalue weighted by atomic mass is 10.1. The standard InChI is InChI=1S/C20H23NO7/c1-21(11-13-5-7-14(8-6-13)28-12-17(22)23)20(24)15-9-10-16(25-2)19(27-4)18(15)26-3/h5-10H,11-12H2,1-4H3,(H,22,23). The molecule has 0 unspecified atom stereocenters. The van der Waals surface area contributed by atoms with Gasteiger partial charge in [-0.25, -0.2) is 4.79 Å². The predicted molar refractivity (Wildman–Crippen MR) is 101 cm³/mol. The molecule has 0 aliphatic heterocycles. The fraction of sp³-hybridized carbons (Fsp3) is 0.300. The summed E-state index contributed by atoms with van der Waals surface area (Å²) in [6.07, 6.45) is 0. The summed E-state index contributed by atoms with van der Waals surface area (Å²) in [6.45, 7) is -0.0631. The molecule has 0 bridgehead atoms. The second-order valence-corrected chi connectivity index (χ2v) is 5.87. The van der Waals surface area contributed by atoms with Crippen LogP contribution in [0.2, 0.25) is 0 Å². The Hall–Kier alpha value is -3.42. The van der Waals surface area contributed by atoms with E-state index in [1.165, 1.54) is 26.2 Å². The molecule has 0 spiro atoms. The zero-order valence-corrected chi connectivity index (χ0v) is 16.2. The fourth-order valence-electron chi connectivity index (χ4n) is 2.66. The number of amides is 1. The smallest absolute Gasteiger partial charge is 0.341 e. The minimum atomic E-state index is -1.04. The van der Waals surface area contributed by atoms with Gasteiger partial charge in [0, 0.05) is 13.6 Å². The number of carboxylic acid groups (broad SMARTS) is 1. The number of aliphatic carboxylic acids is 1. The average molecular weight is 389 g/mol. The number of benzene rings is 2. The molecule has 2 aromatic carbocycles. The summed E-state index contributed by atoms with van der Waals surface area (Å²) in [7, 11) is 6.12. The molecule has 0 saturated heterocycles. The molecule has 0 radical (unpaired) electrons. The number of hydrogen-bond donors (Lipinski definition) is 1. The lowest BCUT2D eigenvalue weighted by Crippen LogP contribution is -2.26. The molecule has 2 rings (SSSR count). The Bertz CT molecular complexity index is 833. The van der Waals surface area contributed by atoms with Crippen LogP contribution in [-0.2, 0) is 11.3 Å². The Balaban J connectivity index is 2.15. The summed E-state index contributed by atoms with van der Waals surface area (Å²) in [5, 5.41) is 8.63. The van der Waals surface area contributed by atoms with Gasteiger partial charge in [0.2, 0.25) is 5.75 Å². The minimum absolute atomic E-state index is 0.246. The molecule has 0 aliphatic carbocycles. The fourth-order valence-corrected chi connectivity index (χ4v) is 2.66. The Morgan fingerprint density at radius 1 is 0.929 bits per heavy atom. The van der Waals surface area contributed by atoms with Gasteiger partial charge in [0.15, 0.2) is 18.1 Å². The highest BCUT2D eigenvalue weighted by Crippen LogP contribution is 2.40. The lowest BCUT2D eigenvalue weighted by Gasteiger charge is -2.21. The van der Waals surface area contributed by atoms with Crippen LogP contribution in [0.4, 0.5) is 0 Å². The molecule has 2 aromatic rings. The van der Waals surface area contributed by atoms with Crippen LogP contribution in [-0.4, -0.2) is 56.9 Å². The number of methoxy groups -OCH3 is 3. The highest BCUT2D eigenvalue weighted by Gasteiger charge is 2.23. The monoisotopic (exact) mass is 389 g/mol. The molecule has 28 heavy (non-hydrogen) atoms. The first-order valence-corrected chi connectivity index (χ1v) is 8.39. The van der Waals surface area contributed by atoms with Gasteiger partial charge in [-0.3, -0.25) is 4.79 Å². The number of ether oxygens (including phenoxy) is 4. The number of carbonyl (C=O) groups excluding carboxylic acids is 1. The Morgan fingerprint density at radius 2 is 1.57 bits per heavy atom. The summed E-state index contributed by atoms with van der Waals surface area (Å²) in [6, 6.07) is 10.1. The summed E-state index contributed by atoms with van der Waals surface area (Å²) in [5.41, 5.74) is 1.21. The zero-order valence-electron chi connectivity index (χ0n) is 16.2. The van der Waals surface area contributed by atoms with E-state index in [4.69, 9.17) is 24.1 Å². The number of hydrogen-bond acceptors (Lipinski definition) is 6. The Kier molecular flexibility index (Phi) is 7.08. The second-order valence-electron chi connectivity index (χ2n) is 5.87. The van der Waals surface area contributed by atoms with E-state index in [-0.39, 0.29) is 5.91 Å². The highest BCUT2D eigenvalue weighted by molar-refractivity contribution is 5.98. The van der Waals surface area contributed by atoms with E-state index in [2.05, 4.69) is 0 Å². The molecule has 0 atom stereocenters. The van der Waals surface area contributed by atoms with Crippen molar-refractivity contribution in [3.8, 4) is 23.0 Å². The SMILES string of the molecule is COc1ccc(C(=O)N(C)Cc2ccc(OCC(=O)O)cc2)c(OC)c1OC. The zero-order chi connectivity index (χ0) is 20.7. The molecule has 0 aromatic heterocycles. The molecule has 0 fully saturated rings. The minimum Gasteiger partial charge on any atom is -0.493 e. The van der Waals surface area contributed by atoms with Crippen molar-refractivity contribution in [2.45, 2.75) is 6.54 Å².